The van der Waals surface area contributed by atoms with E-state index in [1.807, 2.05) is 0 Å². The van der Waals surface area contributed by atoms with Gasteiger partial charge in [0, 0.05) is 0 Å². The number of unbranched alkanes of at least 4 members (excludes halogenated alkanes) is 7. The van der Waals surface area contributed by atoms with Gasteiger partial charge in [0.1, 0.15) is 0 Å². The van der Waals surface area contributed by atoms with Gasteiger partial charge < -0.3 is 24.4 Å². The van der Waals surface area contributed by atoms with Crippen molar-refractivity contribution in [1.82, 2.24) is 0 Å². The van der Waals surface area contributed by atoms with Gasteiger partial charge in [-0.05, 0) is 12.8 Å². The Hall–Kier alpha value is -1.67. The smallest absolute Gasteiger partial charge is 0.413 e. The summed E-state index contributed by atoms with van der Waals surface area (Å²) in [5.41, 5.74) is -2.37. The van der Waals surface area contributed by atoms with E-state index in [0.717, 1.165) is 19.3 Å². The molecule has 26 heavy (non-hydrogen) atoms. The Morgan fingerprint density at radius 1 is 0.885 bits per heavy atom. The van der Waals surface area contributed by atoms with Crippen molar-refractivity contribution in [3.8, 4) is 0 Å². The summed E-state index contributed by atoms with van der Waals surface area (Å²) in [4.78, 5) is 35.8. The summed E-state index contributed by atoms with van der Waals surface area (Å²) in [7, 11) is 0. The number of hydrogen-bond acceptors (Lipinski definition) is 8. The van der Waals surface area contributed by atoms with Gasteiger partial charge in [0.2, 0.25) is 6.10 Å². The van der Waals surface area contributed by atoms with Crippen LogP contribution in [0.15, 0.2) is 0 Å². The first kappa shape index (κ1) is 20.6. The summed E-state index contributed by atoms with van der Waals surface area (Å²) in [5, 5.41) is 20.6. The molecule has 0 spiro atoms. The number of carbonyl (C=O) groups excluding carboxylic acids is 3. The van der Waals surface area contributed by atoms with E-state index in [-0.39, 0.29) is 6.42 Å². The molecule has 0 aromatic carbocycles. The molecule has 0 aromatic heterocycles. The zero-order valence-electron chi connectivity index (χ0n) is 15.2. The molecule has 2 heterocycles. The Balaban J connectivity index is 1.92. The van der Waals surface area contributed by atoms with Crippen LogP contribution >= 0.6 is 0 Å². The zero-order valence-corrected chi connectivity index (χ0v) is 15.2. The summed E-state index contributed by atoms with van der Waals surface area (Å²) in [6.07, 6.45) is 5.74. The lowest BCUT2D eigenvalue weighted by Crippen LogP contribution is -2.55. The molecule has 148 valence electrons. The molecule has 8 heteroatoms. The minimum absolute atomic E-state index is 0.177. The van der Waals surface area contributed by atoms with E-state index in [4.69, 9.17) is 14.2 Å². The summed E-state index contributed by atoms with van der Waals surface area (Å²) in [6, 6.07) is 0. The third kappa shape index (κ3) is 5.17. The second-order valence-corrected chi connectivity index (χ2v) is 7.12. The fraction of sp³-hybridized carbons (Fsp3) is 0.833. The van der Waals surface area contributed by atoms with Crippen LogP contribution in [0, 0.1) is 0 Å². The number of ether oxygens (including phenoxy) is 3. The molecule has 0 saturated carbocycles. The molecule has 8 nitrogen and oxygen atoms in total. The second kappa shape index (κ2) is 8.81. The number of cyclic esters (lactones) is 1. The average molecular weight is 372 g/mol. The van der Waals surface area contributed by atoms with Crippen LogP contribution in [0.3, 0.4) is 0 Å². The van der Waals surface area contributed by atoms with E-state index in [1.165, 1.54) is 25.7 Å². The number of hydrogen-bond donors (Lipinski definition) is 2. The quantitative estimate of drug-likeness (QED) is 0.464. The second-order valence-electron chi connectivity index (χ2n) is 7.12. The van der Waals surface area contributed by atoms with E-state index in [2.05, 4.69) is 6.92 Å². The predicted molar refractivity (Wildman–Crippen MR) is 88.4 cm³/mol. The van der Waals surface area contributed by atoms with Gasteiger partial charge in [0.15, 0.2) is 5.60 Å². The Bertz CT molecular complexity index is 533. The zero-order chi connectivity index (χ0) is 19.2. The molecule has 3 atom stereocenters. The highest BCUT2D eigenvalue weighted by atomic mass is 16.9. The van der Waals surface area contributed by atoms with Gasteiger partial charge in [0.25, 0.3) is 0 Å². The highest BCUT2D eigenvalue weighted by Gasteiger charge is 2.58. The molecule has 2 aliphatic rings. The molecule has 0 aromatic rings. The van der Waals surface area contributed by atoms with Crippen LogP contribution in [-0.2, 0) is 28.6 Å². The SMILES string of the molecule is CCCCCCCCCCC1OC(=O)CC2(O)CC(=O)OC1(O)OC2=O. The number of fused-ring (bicyclic) bond motifs is 3. The van der Waals surface area contributed by atoms with Gasteiger partial charge >= 0.3 is 23.9 Å². The molecule has 3 unspecified atom stereocenters. The predicted octanol–water partition coefficient (Wildman–Crippen LogP) is 1.70. The molecular formula is C18H28O8. The largest absolute Gasteiger partial charge is 0.451 e. The fourth-order valence-electron chi connectivity index (χ4n) is 3.24. The summed E-state index contributed by atoms with van der Waals surface area (Å²) in [6.45, 7) is 2.16. The number of carbonyl (C=O) groups is 3. The Morgan fingerprint density at radius 3 is 2.12 bits per heavy atom. The summed E-state index contributed by atoms with van der Waals surface area (Å²) < 4.78 is 14.7. The minimum atomic E-state index is -2.70. The summed E-state index contributed by atoms with van der Waals surface area (Å²) in [5.74, 6) is -5.87. The maximum absolute atomic E-state index is 12.0. The molecule has 2 N–H and O–H groups in total. The Kier molecular flexibility index (Phi) is 7.00. The van der Waals surface area contributed by atoms with E-state index >= 15 is 0 Å². The molecule has 2 saturated heterocycles. The van der Waals surface area contributed by atoms with Crippen molar-refractivity contribution in [2.24, 2.45) is 0 Å². The van der Waals surface area contributed by atoms with Gasteiger partial charge in [-0.15, -0.1) is 0 Å². The van der Waals surface area contributed by atoms with Crippen LogP contribution in [0.25, 0.3) is 0 Å². The van der Waals surface area contributed by atoms with Crippen molar-refractivity contribution >= 4 is 17.9 Å². The summed E-state index contributed by atoms with van der Waals surface area (Å²) >= 11 is 0. The van der Waals surface area contributed by atoms with Gasteiger partial charge in [-0.1, -0.05) is 51.9 Å². The van der Waals surface area contributed by atoms with Crippen molar-refractivity contribution in [2.75, 3.05) is 0 Å². The van der Waals surface area contributed by atoms with Gasteiger partial charge in [-0.2, -0.15) is 0 Å². The van der Waals surface area contributed by atoms with Crippen LogP contribution in [0.4, 0.5) is 0 Å². The number of rotatable bonds is 9. The molecule has 0 aliphatic carbocycles. The van der Waals surface area contributed by atoms with Crippen molar-refractivity contribution < 1.29 is 38.8 Å². The molecule has 0 amide bonds. The topological polar surface area (TPSA) is 119 Å². The van der Waals surface area contributed by atoms with Crippen LogP contribution in [0.5, 0.6) is 0 Å². The van der Waals surface area contributed by atoms with E-state index in [9.17, 15) is 24.6 Å². The van der Waals surface area contributed by atoms with Crippen LogP contribution in [0.1, 0.15) is 77.6 Å². The fourth-order valence-corrected chi connectivity index (χ4v) is 3.24. The molecule has 2 rings (SSSR count). The first-order valence-electron chi connectivity index (χ1n) is 9.38. The Morgan fingerprint density at radius 2 is 1.46 bits per heavy atom. The third-order valence-corrected chi connectivity index (χ3v) is 4.75. The maximum atomic E-state index is 12.0. The maximum Gasteiger partial charge on any atom is 0.413 e. The first-order valence-corrected chi connectivity index (χ1v) is 9.38. The van der Waals surface area contributed by atoms with Crippen LogP contribution < -0.4 is 0 Å². The molecule has 2 aliphatic heterocycles. The highest BCUT2D eigenvalue weighted by molar-refractivity contribution is 5.91. The van der Waals surface area contributed by atoms with Crippen LogP contribution in [0.2, 0.25) is 0 Å². The van der Waals surface area contributed by atoms with Crippen molar-refractivity contribution in [3.63, 3.8) is 0 Å². The number of esters is 3. The van der Waals surface area contributed by atoms with E-state index in [0.29, 0.717) is 6.42 Å². The minimum Gasteiger partial charge on any atom is -0.451 e. The third-order valence-electron chi connectivity index (χ3n) is 4.75. The van der Waals surface area contributed by atoms with Crippen molar-refractivity contribution in [3.05, 3.63) is 0 Å². The van der Waals surface area contributed by atoms with Crippen molar-refractivity contribution in [1.29, 1.82) is 0 Å². The van der Waals surface area contributed by atoms with E-state index < -0.39 is 48.4 Å². The van der Waals surface area contributed by atoms with Gasteiger partial charge in [-0.25, -0.2) is 4.79 Å². The standard InChI is InChI=1S/C18H28O8/c1-2-3-4-5-6-7-8-9-10-13-18(23)25-15(20)12-17(22,16(21)26-18)11-14(19)24-13/h13,22-23H,2-12H2,1H3. The molecular weight excluding hydrogens is 344 g/mol. The van der Waals surface area contributed by atoms with E-state index in [1.54, 1.807) is 0 Å². The molecule has 2 bridgehead atoms. The normalized spacial score (nSPS) is 31.5. The molecule has 0 radical (unpaired) electrons. The molecule has 2 fully saturated rings. The monoisotopic (exact) mass is 372 g/mol. The van der Waals surface area contributed by atoms with Gasteiger partial charge in [-0.3, -0.25) is 9.59 Å². The van der Waals surface area contributed by atoms with Gasteiger partial charge in [0.05, 0.1) is 12.8 Å². The Labute approximate surface area is 152 Å². The highest BCUT2D eigenvalue weighted by Crippen LogP contribution is 2.35. The lowest BCUT2D eigenvalue weighted by atomic mass is 9.95. The average Bonchev–Trinajstić information content (AvgIpc) is 2.60. The number of aliphatic hydroxyl groups is 2. The lowest BCUT2D eigenvalue weighted by molar-refractivity contribution is -0.363. The van der Waals surface area contributed by atoms with Crippen molar-refractivity contribution in [2.45, 2.75) is 95.2 Å². The lowest BCUT2D eigenvalue weighted by Gasteiger charge is -2.34. The first-order chi connectivity index (χ1) is 12.3. The van der Waals surface area contributed by atoms with Crippen LogP contribution in [-0.4, -0.2) is 45.8 Å².